The molecule has 1 aliphatic carbocycles. The Kier molecular flexibility index (Phi) is 5.81. The zero-order chi connectivity index (χ0) is 21.9. The van der Waals surface area contributed by atoms with Gasteiger partial charge in [-0.1, -0.05) is 17.8 Å². The topological polar surface area (TPSA) is 95.3 Å². The van der Waals surface area contributed by atoms with Crippen LogP contribution in [0.25, 0.3) is 0 Å². The minimum Gasteiger partial charge on any atom is -0.454 e. The molecule has 1 N–H and O–H groups in total. The third-order valence-corrected chi connectivity index (χ3v) is 6.53. The Bertz CT molecular complexity index is 1210. The second-order valence-corrected chi connectivity index (χ2v) is 8.65. The molecule has 0 atom stereocenters. The maximum atomic E-state index is 12.9. The Labute approximate surface area is 189 Å². The van der Waals surface area contributed by atoms with Crippen molar-refractivity contribution in [1.29, 1.82) is 0 Å². The molecule has 3 heterocycles. The Hall–Kier alpha value is -3.33. The number of hydrogen-bond acceptors (Lipinski definition) is 7. The first kappa shape index (κ1) is 20.6. The van der Waals surface area contributed by atoms with E-state index in [4.69, 9.17) is 9.47 Å². The van der Waals surface area contributed by atoms with E-state index in [0.717, 1.165) is 42.5 Å². The van der Waals surface area contributed by atoms with Crippen molar-refractivity contribution in [3.8, 4) is 11.5 Å². The smallest absolute Gasteiger partial charge is 0.349 e. The first-order valence-corrected chi connectivity index (χ1v) is 11.5. The number of benzene rings is 1. The Morgan fingerprint density at radius 2 is 2.03 bits per heavy atom. The number of hydrogen-bond donors (Lipinski definition) is 1. The zero-order valence-corrected chi connectivity index (χ0v) is 18.2. The highest BCUT2D eigenvalue weighted by Crippen LogP contribution is 2.34. The fourth-order valence-corrected chi connectivity index (χ4v) is 4.89. The maximum absolute atomic E-state index is 12.9. The lowest BCUT2D eigenvalue weighted by atomic mass is 9.97. The van der Waals surface area contributed by atoms with E-state index in [2.05, 4.69) is 15.3 Å². The van der Waals surface area contributed by atoms with Crippen LogP contribution in [0.1, 0.15) is 29.7 Å². The largest absolute Gasteiger partial charge is 0.454 e. The van der Waals surface area contributed by atoms with Crippen LogP contribution in [-0.4, -0.2) is 33.0 Å². The SMILES string of the molecule is O=C(CSc1nc(=O)n(Cc2cccnc2)c2c1CCCC2)Nc1ccc2c(c1)OCO2. The number of anilines is 1. The number of ether oxygens (including phenoxy) is 2. The quantitative estimate of drug-likeness (QED) is 0.456. The van der Waals surface area contributed by atoms with Gasteiger partial charge < -0.3 is 14.8 Å². The lowest BCUT2D eigenvalue weighted by molar-refractivity contribution is -0.113. The highest BCUT2D eigenvalue weighted by atomic mass is 32.2. The van der Waals surface area contributed by atoms with Gasteiger partial charge in [0.2, 0.25) is 12.7 Å². The molecule has 1 aromatic carbocycles. The summed E-state index contributed by atoms with van der Waals surface area (Å²) in [7, 11) is 0. The zero-order valence-electron chi connectivity index (χ0n) is 17.4. The second-order valence-electron chi connectivity index (χ2n) is 7.68. The highest BCUT2D eigenvalue weighted by molar-refractivity contribution is 8.00. The van der Waals surface area contributed by atoms with E-state index in [9.17, 15) is 9.59 Å². The number of carbonyl (C=O) groups is 1. The molecule has 164 valence electrons. The summed E-state index contributed by atoms with van der Waals surface area (Å²) >= 11 is 1.31. The van der Waals surface area contributed by atoms with Gasteiger partial charge >= 0.3 is 5.69 Å². The first-order chi connectivity index (χ1) is 15.7. The summed E-state index contributed by atoms with van der Waals surface area (Å²) in [6, 6.07) is 9.10. The Morgan fingerprint density at radius 1 is 1.16 bits per heavy atom. The van der Waals surface area contributed by atoms with E-state index in [-0.39, 0.29) is 24.1 Å². The Morgan fingerprint density at radius 3 is 2.91 bits per heavy atom. The molecule has 0 saturated carbocycles. The van der Waals surface area contributed by atoms with Crippen molar-refractivity contribution < 1.29 is 14.3 Å². The van der Waals surface area contributed by atoms with Crippen LogP contribution in [0.4, 0.5) is 5.69 Å². The lowest BCUT2D eigenvalue weighted by Gasteiger charge is -2.22. The lowest BCUT2D eigenvalue weighted by Crippen LogP contribution is -2.30. The summed E-state index contributed by atoms with van der Waals surface area (Å²) < 4.78 is 12.4. The van der Waals surface area contributed by atoms with E-state index >= 15 is 0 Å². The van der Waals surface area contributed by atoms with Crippen molar-refractivity contribution in [1.82, 2.24) is 14.5 Å². The molecular formula is C23H22N4O4S. The van der Waals surface area contributed by atoms with Crippen LogP contribution in [0.3, 0.4) is 0 Å². The summed E-state index contributed by atoms with van der Waals surface area (Å²) in [6.45, 7) is 0.642. The number of rotatable bonds is 6. The average Bonchev–Trinajstić information content (AvgIpc) is 3.28. The number of carbonyl (C=O) groups excluding carboxylic acids is 1. The normalized spacial score (nSPS) is 14.1. The fourth-order valence-electron chi connectivity index (χ4n) is 4.01. The molecule has 2 aromatic heterocycles. The molecule has 32 heavy (non-hydrogen) atoms. The van der Waals surface area contributed by atoms with Gasteiger partial charge in [0.1, 0.15) is 5.03 Å². The number of amides is 1. The molecule has 0 spiro atoms. The minimum atomic E-state index is -0.284. The first-order valence-electron chi connectivity index (χ1n) is 10.5. The van der Waals surface area contributed by atoms with Crippen LogP contribution < -0.4 is 20.5 Å². The van der Waals surface area contributed by atoms with E-state index in [1.807, 2.05) is 12.1 Å². The predicted molar refractivity (Wildman–Crippen MR) is 120 cm³/mol. The molecule has 0 radical (unpaired) electrons. The molecule has 1 aliphatic heterocycles. The van der Waals surface area contributed by atoms with Crippen LogP contribution in [0.15, 0.2) is 52.5 Å². The van der Waals surface area contributed by atoms with Crippen LogP contribution in [-0.2, 0) is 24.2 Å². The third kappa shape index (κ3) is 4.34. The standard InChI is InChI=1S/C23H22N4O4S/c28-21(25-16-7-8-19-20(10-16)31-14-30-19)13-32-22-17-5-1-2-6-18(17)27(23(29)26-22)12-15-4-3-9-24-11-15/h3-4,7-11H,1-2,5-6,12-14H2,(H,25,28). The van der Waals surface area contributed by atoms with Gasteiger partial charge in [-0.3, -0.25) is 14.3 Å². The van der Waals surface area contributed by atoms with E-state index in [0.29, 0.717) is 28.8 Å². The molecular weight excluding hydrogens is 428 g/mol. The van der Waals surface area contributed by atoms with Crippen molar-refractivity contribution in [3.63, 3.8) is 0 Å². The molecule has 0 fully saturated rings. The van der Waals surface area contributed by atoms with Gasteiger partial charge in [-0.25, -0.2) is 4.79 Å². The predicted octanol–water partition coefficient (Wildman–Crippen LogP) is 3.02. The Balaban J connectivity index is 1.32. The number of aromatic nitrogens is 3. The molecule has 9 heteroatoms. The third-order valence-electron chi connectivity index (χ3n) is 5.51. The van der Waals surface area contributed by atoms with Crippen molar-refractivity contribution in [3.05, 3.63) is 70.0 Å². The number of thioether (sulfide) groups is 1. The van der Waals surface area contributed by atoms with Crippen LogP contribution in [0, 0.1) is 0 Å². The van der Waals surface area contributed by atoms with Gasteiger partial charge in [0.25, 0.3) is 0 Å². The van der Waals surface area contributed by atoms with Crippen molar-refractivity contribution in [2.24, 2.45) is 0 Å². The summed E-state index contributed by atoms with van der Waals surface area (Å²) in [6.07, 6.45) is 7.28. The molecule has 3 aromatic rings. The summed E-state index contributed by atoms with van der Waals surface area (Å²) in [5.74, 6) is 1.28. The van der Waals surface area contributed by atoms with Gasteiger partial charge in [0.15, 0.2) is 11.5 Å². The summed E-state index contributed by atoms with van der Waals surface area (Å²) in [4.78, 5) is 33.9. The summed E-state index contributed by atoms with van der Waals surface area (Å²) in [5.41, 5.74) is 3.43. The van der Waals surface area contributed by atoms with E-state index < -0.39 is 0 Å². The molecule has 8 nitrogen and oxygen atoms in total. The second kappa shape index (κ2) is 9.04. The van der Waals surface area contributed by atoms with Crippen molar-refractivity contribution in [2.45, 2.75) is 37.3 Å². The van der Waals surface area contributed by atoms with Gasteiger partial charge in [0.05, 0.1) is 12.3 Å². The molecule has 2 aliphatic rings. The maximum Gasteiger partial charge on any atom is 0.349 e. The number of pyridine rings is 1. The number of nitrogens with zero attached hydrogens (tertiary/aromatic N) is 3. The number of fused-ring (bicyclic) bond motifs is 2. The minimum absolute atomic E-state index is 0.167. The van der Waals surface area contributed by atoms with Crippen molar-refractivity contribution in [2.75, 3.05) is 17.9 Å². The molecule has 1 amide bonds. The molecule has 0 unspecified atom stereocenters. The van der Waals surface area contributed by atoms with Gasteiger partial charge in [-0.15, -0.1) is 0 Å². The fraction of sp³-hybridized carbons (Fsp3) is 0.304. The molecule has 0 saturated heterocycles. The summed E-state index contributed by atoms with van der Waals surface area (Å²) in [5, 5.41) is 3.53. The van der Waals surface area contributed by atoms with E-state index in [1.165, 1.54) is 11.8 Å². The monoisotopic (exact) mass is 450 g/mol. The number of nitrogens with one attached hydrogen (secondary N) is 1. The average molecular weight is 451 g/mol. The molecule has 0 bridgehead atoms. The van der Waals surface area contributed by atoms with Gasteiger partial charge in [0, 0.05) is 35.4 Å². The highest BCUT2D eigenvalue weighted by Gasteiger charge is 2.21. The van der Waals surface area contributed by atoms with Gasteiger partial charge in [-0.2, -0.15) is 4.98 Å². The molecule has 5 rings (SSSR count). The van der Waals surface area contributed by atoms with Crippen LogP contribution in [0.5, 0.6) is 11.5 Å². The van der Waals surface area contributed by atoms with Crippen LogP contribution >= 0.6 is 11.8 Å². The van der Waals surface area contributed by atoms with Gasteiger partial charge in [-0.05, 0) is 49.4 Å². The van der Waals surface area contributed by atoms with Crippen LogP contribution in [0.2, 0.25) is 0 Å². The van der Waals surface area contributed by atoms with E-state index in [1.54, 1.807) is 35.2 Å². The van der Waals surface area contributed by atoms with Crippen molar-refractivity contribution >= 4 is 23.4 Å².